The number of rotatable bonds is 2. The first-order chi connectivity index (χ1) is 7.25. The molecular weight excluding hydrogens is 190 g/mol. The SMILES string of the molecule is Cc1cc(Oc2ccccc2O)ccn1. The van der Waals surface area contributed by atoms with E-state index in [2.05, 4.69) is 4.98 Å². The van der Waals surface area contributed by atoms with E-state index in [1.54, 1.807) is 30.5 Å². The Morgan fingerprint density at radius 2 is 2.00 bits per heavy atom. The largest absolute Gasteiger partial charge is 0.504 e. The molecule has 3 nitrogen and oxygen atoms in total. The van der Waals surface area contributed by atoms with Crippen molar-refractivity contribution in [2.75, 3.05) is 0 Å². The van der Waals surface area contributed by atoms with Gasteiger partial charge in [0.25, 0.3) is 0 Å². The zero-order valence-corrected chi connectivity index (χ0v) is 8.34. The van der Waals surface area contributed by atoms with Crippen LogP contribution < -0.4 is 4.74 Å². The average molecular weight is 201 g/mol. The summed E-state index contributed by atoms with van der Waals surface area (Å²) in [6.07, 6.45) is 1.67. The van der Waals surface area contributed by atoms with Crippen LogP contribution in [0.1, 0.15) is 5.69 Å². The summed E-state index contributed by atoms with van der Waals surface area (Å²) in [5.74, 6) is 1.25. The molecule has 3 heteroatoms. The molecule has 0 aliphatic carbocycles. The van der Waals surface area contributed by atoms with Gasteiger partial charge in [-0.25, -0.2) is 0 Å². The molecule has 0 saturated heterocycles. The quantitative estimate of drug-likeness (QED) is 0.812. The summed E-state index contributed by atoms with van der Waals surface area (Å²) >= 11 is 0. The first kappa shape index (κ1) is 9.52. The van der Waals surface area contributed by atoms with Crippen molar-refractivity contribution in [3.8, 4) is 17.2 Å². The average Bonchev–Trinajstić information content (AvgIpc) is 2.22. The molecule has 0 atom stereocenters. The van der Waals surface area contributed by atoms with Crippen molar-refractivity contribution in [1.82, 2.24) is 4.98 Å². The molecular formula is C12H11NO2. The molecule has 2 rings (SSSR count). The van der Waals surface area contributed by atoms with Gasteiger partial charge in [-0.2, -0.15) is 0 Å². The fourth-order valence-electron chi connectivity index (χ4n) is 1.25. The Balaban J connectivity index is 2.26. The predicted octanol–water partition coefficient (Wildman–Crippen LogP) is 2.89. The van der Waals surface area contributed by atoms with E-state index in [0.717, 1.165) is 5.69 Å². The van der Waals surface area contributed by atoms with Gasteiger partial charge in [0, 0.05) is 18.0 Å². The van der Waals surface area contributed by atoms with Crippen molar-refractivity contribution in [2.24, 2.45) is 0 Å². The van der Waals surface area contributed by atoms with Crippen LogP contribution in [0.15, 0.2) is 42.6 Å². The number of pyridine rings is 1. The van der Waals surface area contributed by atoms with Crippen LogP contribution in [0.5, 0.6) is 17.2 Å². The zero-order valence-electron chi connectivity index (χ0n) is 8.34. The van der Waals surface area contributed by atoms with Crippen LogP contribution in [-0.2, 0) is 0 Å². The number of aromatic nitrogens is 1. The molecule has 0 radical (unpaired) electrons. The highest BCUT2D eigenvalue weighted by atomic mass is 16.5. The molecule has 1 N–H and O–H groups in total. The number of hydrogen-bond donors (Lipinski definition) is 1. The second-order valence-electron chi connectivity index (χ2n) is 3.20. The van der Waals surface area contributed by atoms with Gasteiger partial charge in [-0.15, -0.1) is 0 Å². The molecule has 2 aromatic rings. The summed E-state index contributed by atoms with van der Waals surface area (Å²) in [5.41, 5.74) is 0.878. The Bertz CT molecular complexity index is 469. The van der Waals surface area contributed by atoms with Crippen LogP contribution >= 0.6 is 0 Å². The molecule has 0 saturated carbocycles. The molecule has 0 aliphatic rings. The first-order valence-corrected chi connectivity index (χ1v) is 4.64. The van der Waals surface area contributed by atoms with E-state index in [-0.39, 0.29) is 5.75 Å². The molecule has 0 spiro atoms. The lowest BCUT2D eigenvalue weighted by Crippen LogP contribution is -1.86. The minimum atomic E-state index is 0.131. The van der Waals surface area contributed by atoms with Crippen molar-refractivity contribution in [3.05, 3.63) is 48.3 Å². The molecule has 0 aliphatic heterocycles. The summed E-state index contributed by atoms with van der Waals surface area (Å²) in [7, 11) is 0. The third kappa shape index (κ3) is 2.26. The number of ether oxygens (including phenoxy) is 1. The monoisotopic (exact) mass is 201 g/mol. The van der Waals surface area contributed by atoms with E-state index in [4.69, 9.17) is 4.74 Å². The lowest BCUT2D eigenvalue weighted by molar-refractivity contribution is 0.411. The van der Waals surface area contributed by atoms with E-state index >= 15 is 0 Å². The Labute approximate surface area is 88.0 Å². The van der Waals surface area contributed by atoms with Crippen LogP contribution in [0.25, 0.3) is 0 Å². The summed E-state index contributed by atoms with van der Waals surface area (Å²) in [5, 5.41) is 9.50. The van der Waals surface area contributed by atoms with E-state index < -0.39 is 0 Å². The fourth-order valence-corrected chi connectivity index (χ4v) is 1.25. The van der Waals surface area contributed by atoms with E-state index in [1.807, 2.05) is 19.1 Å². The minimum absolute atomic E-state index is 0.131. The lowest BCUT2D eigenvalue weighted by atomic mass is 10.3. The van der Waals surface area contributed by atoms with Gasteiger partial charge < -0.3 is 9.84 Å². The number of aromatic hydroxyl groups is 1. The van der Waals surface area contributed by atoms with Gasteiger partial charge in [-0.05, 0) is 25.1 Å². The smallest absolute Gasteiger partial charge is 0.169 e. The molecule has 0 unspecified atom stereocenters. The van der Waals surface area contributed by atoms with Crippen LogP contribution in [0.4, 0.5) is 0 Å². The van der Waals surface area contributed by atoms with Crippen molar-refractivity contribution >= 4 is 0 Å². The molecule has 0 amide bonds. The Morgan fingerprint density at radius 3 is 2.73 bits per heavy atom. The maximum absolute atomic E-state index is 9.50. The summed E-state index contributed by atoms with van der Waals surface area (Å²) < 4.78 is 5.50. The summed E-state index contributed by atoms with van der Waals surface area (Å²) in [6.45, 7) is 1.89. The number of hydrogen-bond acceptors (Lipinski definition) is 3. The summed E-state index contributed by atoms with van der Waals surface area (Å²) in [6, 6.07) is 10.4. The van der Waals surface area contributed by atoms with Crippen molar-refractivity contribution in [1.29, 1.82) is 0 Å². The van der Waals surface area contributed by atoms with Gasteiger partial charge in [-0.1, -0.05) is 12.1 Å². The van der Waals surface area contributed by atoms with Gasteiger partial charge >= 0.3 is 0 Å². The lowest BCUT2D eigenvalue weighted by Gasteiger charge is -2.07. The first-order valence-electron chi connectivity index (χ1n) is 4.64. The highest BCUT2D eigenvalue weighted by molar-refractivity contribution is 5.41. The van der Waals surface area contributed by atoms with Crippen molar-refractivity contribution in [3.63, 3.8) is 0 Å². The van der Waals surface area contributed by atoms with Crippen LogP contribution in [0.3, 0.4) is 0 Å². The Hall–Kier alpha value is -2.03. The van der Waals surface area contributed by atoms with Gasteiger partial charge in [0.15, 0.2) is 11.5 Å². The minimum Gasteiger partial charge on any atom is -0.504 e. The number of para-hydroxylation sites is 2. The number of phenols is 1. The predicted molar refractivity (Wildman–Crippen MR) is 57.2 cm³/mol. The van der Waals surface area contributed by atoms with Crippen LogP contribution in [0.2, 0.25) is 0 Å². The number of aryl methyl sites for hydroxylation is 1. The Kier molecular flexibility index (Phi) is 2.54. The van der Waals surface area contributed by atoms with E-state index in [1.165, 1.54) is 0 Å². The topological polar surface area (TPSA) is 42.4 Å². The molecule has 15 heavy (non-hydrogen) atoms. The second-order valence-corrected chi connectivity index (χ2v) is 3.20. The van der Waals surface area contributed by atoms with Gasteiger partial charge in [-0.3, -0.25) is 4.98 Å². The number of phenolic OH excluding ortho intramolecular Hbond substituents is 1. The molecule has 0 bridgehead atoms. The fraction of sp³-hybridized carbons (Fsp3) is 0.0833. The maximum Gasteiger partial charge on any atom is 0.169 e. The van der Waals surface area contributed by atoms with Crippen LogP contribution in [0, 0.1) is 6.92 Å². The standard InChI is InChI=1S/C12H11NO2/c1-9-8-10(6-7-13-9)15-12-5-3-2-4-11(12)14/h2-8,14H,1H3. The molecule has 76 valence electrons. The van der Waals surface area contributed by atoms with Gasteiger partial charge in [0.2, 0.25) is 0 Å². The van der Waals surface area contributed by atoms with E-state index in [9.17, 15) is 5.11 Å². The van der Waals surface area contributed by atoms with Crippen molar-refractivity contribution in [2.45, 2.75) is 6.92 Å². The molecule has 1 aromatic carbocycles. The second kappa shape index (κ2) is 4.00. The number of nitrogens with zero attached hydrogens (tertiary/aromatic N) is 1. The van der Waals surface area contributed by atoms with Gasteiger partial charge in [0.05, 0.1) is 0 Å². The molecule has 0 fully saturated rings. The normalized spacial score (nSPS) is 9.93. The van der Waals surface area contributed by atoms with Gasteiger partial charge in [0.1, 0.15) is 5.75 Å². The molecule has 1 heterocycles. The summed E-state index contributed by atoms with van der Waals surface area (Å²) in [4.78, 5) is 4.06. The van der Waals surface area contributed by atoms with Crippen molar-refractivity contribution < 1.29 is 9.84 Å². The third-order valence-corrected chi connectivity index (χ3v) is 1.96. The Morgan fingerprint density at radius 1 is 1.20 bits per heavy atom. The zero-order chi connectivity index (χ0) is 10.7. The highest BCUT2D eigenvalue weighted by Gasteiger charge is 2.02. The molecule has 1 aromatic heterocycles. The highest BCUT2D eigenvalue weighted by Crippen LogP contribution is 2.29. The maximum atomic E-state index is 9.50. The van der Waals surface area contributed by atoms with Crippen LogP contribution in [-0.4, -0.2) is 10.1 Å². The number of benzene rings is 1. The third-order valence-electron chi connectivity index (χ3n) is 1.96. The van der Waals surface area contributed by atoms with E-state index in [0.29, 0.717) is 11.5 Å².